The normalized spacial score (nSPS) is 9.67. The standard InChI is InChI=1S/C7H9N2/c1-5-6(2)8-4-9-7(5)3/h4H,1H2,2-3H3. The molecule has 0 spiro atoms. The zero-order valence-electron chi connectivity index (χ0n) is 5.68. The molecule has 9 heavy (non-hydrogen) atoms. The predicted octanol–water partition coefficient (Wildman–Crippen LogP) is 1.28. The van der Waals surface area contributed by atoms with E-state index in [4.69, 9.17) is 0 Å². The molecule has 1 aromatic rings. The predicted molar refractivity (Wildman–Crippen MR) is 36.0 cm³/mol. The molecule has 1 radical (unpaired) electrons. The van der Waals surface area contributed by atoms with Crippen molar-refractivity contribution in [2.24, 2.45) is 0 Å². The number of hydrogen-bond donors (Lipinski definition) is 0. The summed E-state index contributed by atoms with van der Waals surface area (Å²) in [6.45, 7) is 7.65. The summed E-state index contributed by atoms with van der Waals surface area (Å²) in [6.07, 6.45) is 1.55. The van der Waals surface area contributed by atoms with Gasteiger partial charge in [-0.3, -0.25) is 0 Å². The lowest BCUT2D eigenvalue weighted by Crippen LogP contribution is -1.92. The van der Waals surface area contributed by atoms with E-state index >= 15 is 0 Å². The van der Waals surface area contributed by atoms with Crippen LogP contribution in [0.15, 0.2) is 6.33 Å². The molecule has 1 aromatic heterocycles. The van der Waals surface area contributed by atoms with E-state index in [0.717, 1.165) is 17.0 Å². The molecule has 0 aliphatic carbocycles. The Bertz CT molecular complexity index is 198. The third-order valence-electron chi connectivity index (χ3n) is 1.38. The van der Waals surface area contributed by atoms with Crippen LogP contribution in [0.2, 0.25) is 0 Å². The Balaban J connectivity index is 3.25. The molecular weight excluding hydrogens is 112 g/mol. The Hall–Kier alpha value is -0.920. The van der Waals surface area contributed by atoms with Gasteiger partial charge in [-0.05, 0) is 26.3 Å². The van der Waals surface area contributed by atoms with Crippen molar-refractivity contribution in [3.05, 3.63) is 30.2 Å². The number of aromatic nitrogens is 2. The molecule has 0 saturated heterocycles. The molecule has 1 heterocycles. The van der Waals surface area contributed by atoms with Crippen LogP contribution in [-0.2, 0) is 0 Å². The first-order valence-electron chi connectivity index (χ1n) is 2.82. The number of rotatable bonds is 0. The summed E-state index contributed by atoms with van der Waals surface area (Å²) < 4.78 is 0. The van der Waals surface area contributed by atoms with Gasteiger partial charge in [0.25, 0.3) is 0 Å². The van der Waals surface area contributed by atoms with Gasteiger partial charge in [0.05, 0.1) is 0 Å². The van der Waals surface area contributed by atoms with E-state index < -0.39 is 0 Å². The lowest BCUT2D eigenvalue weighted by Gasteiger charge is -1.98. The van der Waals surface area contributed by atoms with Gasteiger partial charge in [0.15, 0.2) is 0 Å². The minimum Gasteiger partial charge on any atom is -0.241 e. The van der Waals surface area contributed by atoms with Gasteiger partial charge >= 0.3 is 0 Å². The summed E-state index contributed by atoms with van der Waals surface area (Å²) in [5.41, 5.74) is 2.86. The fraction of sp³-hybridized carbons (Fsp3) is 0.286. The van der Waals surface area contributed by atoms with Crippen LogP contribution in [0.1, 0.15) is 17.0 Å². The Labute approximate surface area is 55.0 Å². The summed E-state index contributed by atoms with van der Waals surface area (Å²) in [5.74, 6) is 0. The highest BCUT2D eigenvalue weighted by molar-refractivity contribution is 5.24. The van der Waals surface area contributed by atoms with Crippen LogP contribution >= 0.6 is 0 Å². The molecule has 0 unspecified atom stereocenters. The zero-order valence-corrected chi connectivity index (χ0v) is 5.68. The first kappa shape index (κ1) is 6.20. The molecule has 0 amide bonds. The average molecular weight is 121 g/mol. The molecule has 0 fully saturated rings. The first-order chi connectivity index (χ1) is 4.22. The average Bonchev–Trinajstić information content (AvgIpc) is 1.83. The number of nitrogens with zero attached hydrogens (tertiary/aromatic N) is 2. The van der Waals surface area contributed by atoms with Gasteiger partial charge in [-0.15, -0.1) is 0 Å². The molecule has 0 atom stereocenters. The Morgan fingerprint density at radius 3 is 2.00 bits per heavy atom. The third kappa shape index (κ3) is 1.07. The summed E-state index contributed by atoms with van der Waals surface area (Å²) >= 11 is 0. The first-order valence-corrected chi connectivity index (χ1v) is 2.82. The van der Waals surface area contributed by atoms with E-state index in [1.54, 1.807) is 6.33 Å². The molecule has 2 nitrogen and oxygen atoms in total. The monoisotopic (exact) mass is 121 g/mol. The van der Waals surface area contributed by atoms with Crippen LogP contribution in [0.4, 0.5) is 0 Å². The number of hydrogen-bond acceptors (Lipinski definition) is 2. The van der Waals surface area contributed by atoms with Gasteiger partial charge in [0.1, 0.15) is 6.33 Å². The quantitative estimate of drug-likeness (QED) is 0.516. The van der Waals surface area contributed by atoms with E-state index in [2.05, 4.69) is 16.9 Å². The molecule has 0 N–H and O–H groups in total. The molecule has 0 aliphatic heterocycles. The fourth-order valence-corrected chi connectivity index (χ4v) is 0.620. The van der Waals surface area contributed by atoms with Crippen molar-refractivity contribution >= 4 is 0 Å². The number of aryl methyl sites for hydroxylation is 2. The smallest absolute Gasteiger partial charge is 0.115 e. The Morgan fingerprint density at radius 1 is 1.22 bits per heavy atom. The maximum Gasteiger partial charge on any atom is 0.115 e. The second kappa shape index (κ2) is 2.13. The largest absolute Gasteiger partial charge is 0.241 e. The molecule has 0 aromatic carbocycles. The highest BCUT2D eigenvalue weighted by atomic mass is 14.8. The minimum absolute atomic E-state index is 0.942. The van der Waals surface area contributed by atoms with E-state index in [9.17, 15) is 0 Å². The topological polar surface area (TPSA) is 25.8 Å². The lowest BCUT2D eigenvalue weighted by molar-refractivity contribution is 1.03. The fourth-order valence-electron chi connectivity index (χ4n) is 0.620. The minimum atomic E-state index is 0.942. The van der Waals surface area contributed by atoms with Gasteiger partial charge in [0.2, 0.25) is 0 Å². The van der Waals surface area contributed by atoms with Gasteiger partial charge in [-0.25, -0.2) is 9.97 Å². The van der Waals surface area contributed by atoms with Crippen molar-refractivity contribution in [2.45, 2.75) is 13.8 Å². The second-order valence-electron chi connectivity index (χ2n) is 2.02. The van der Waals surface area contributed by atoms with Gasteiger partial charge in [-0.2, -0.15) is 0 Å². The van der Waals surface area contributed by atoms with Crippen molar-refractivity contribution < 1.29 is 0 Å². The highest BCUT2D eigenvalue weighted by Crippen LogP contribution is 2.03. The molecule has 0 aliphatic rings. The van der Waals surface area contributed by atoms with Gasteiger partial charge in [-0.1, -0.05) is 0 Å². The van der Waals surface area contributed by atoms with Crippen molar-refractivity contribution in [1.82, 2.24) is 9.97 Å². The zero-order chi connectivity index (χ0) is 6.85. The highest BCUT2D eigenvalue weighted by Gasteiger charge is 1.95. The molecule has 2 heteroatoms. The molecule has 1 rings (SSSR count). The van der Waals surface area contributed by atoms with Crippen LogP contribution in [0, 0.1) is 20.8 Å². The van der Waals surface area contributed by atoms with Gasteiger partial charge < -0.3 is 0 Å². The van der Waals surface area contributed by atoms with E-state index in [-0.39, 0.29) is 0 Å². The van der Waals surface area contributed by atoms with Crippen LogP contribution in [-0.4, -0.2) is 9.97 Å². The van der Waals surface area contributed by atoms with Crippen molar-refractivity contribution in [1.29, 1.82) is 0 Å². The molecule has 0 bridgehead atoms. The van der Waals surface area contributed by atoms with Crippen molar-refractivity contribution in [2.75, 3.05) is 0 Å². The van der Waals surface area contributed by atoms with E-state index in [1.807, 2.05) is 13.8 Å². The SMILES string of the molecule is [CH2]c1c(C)ncnc1C. The van der Waals surface area contributed by atoms with Gasteiger partial charge in [0, 0.05) is 11.4 Å². The summed E-state index contributed by atoms with van der Waals surface area (Å²) in [7, 11) is 0. The lowest BCUT2D eigenvalue weighted by atomic mass is 10.2. The maximum absolute atomic E-state index is 3.97. The maximum atomic E-state index is 3.97. The Kier molecular flexibility index (Phi) is 1.47. The van der Waals surface area contributed by atoms with Crippen LogP contribution in [0.5, 0.6) is 0 Å². The van der Waals surface area contributed by atoms with E-state index in [1.165, 1.54) is 0 Å². The third-order valence-corrected chi connectivity index (χ3v) is 1.38. The van der Waals surface area contributed by atoms with E-state index in [0.29, 0.717) is 0 Å². The molecule has 0 saturated carbocycles. The summed E-state index contributed by atoms with van der Waals surface area (Å²) in [4.78, 5) is 7.93. The second-order valence-corrected chi connectivity index (χ2v) is 2.02. The van der Waals surface area contributed by atoms with Crippen LogP contribution in [0.3, 0.4) is 0 Å². The summed E-state index contributed by atoms with van der Waals surface area (Å²) in [6, 6.07) is 0. The van der Waals surface area contributed by atoms with Crippen molar-refractivity contribution in [3.63, 3.8) is 0 Å². The van der Waals surface area contributed by atoms with Crippen LogP contribution in [0.25, 0.3) is 0 Å². The summed E-state index contributed by atoms with van der Waals surface area (Å²) in [5, 5.41) is 0. The molecular formula is C7H9N2. The molecule has 47 valence electrons. The Morgan fingerprint density at radius 2 is 1.67 bits per heavy atom. The van der Waals surface area contributed by atoms with Crippen molar-refractivity contribution in [3.8, 4) is 0 Å². The van der Waals surface area contributed by atoms with Crippen LogP contribution < -0.4 is 0 Å².